The fraction of sp³-hybridized carbons (Fsp3) is 0.391. The van der Waals surface area contributed by atoms with Crippen LogP contribution in [-0.2, 0) is 30.7 Å². The maximum absolute atomic E-state index is 13.1. The fourth-order valence-electron chi connectivity index (χ4n) is 3.78. The van der Waals surface area contributed by atoms with Crippen molar-refractivity contribution in [2.45, 2.75) is 38.8 Å². The minimum Gasteiger partial charge on any atom is -0.466 e. The van der Waals surface area contributed by atoms with Gasteiger partial charge in [0, 0.05) is 32.4 Å². The van der Waals surface area contributed by atoms with Gasteiger partial charge in [-0.2, -0.15) is 5.10 Å². The van der Waals surface area contributed by atoms with E-state index >= 15 is 0 Å². The maximum Gasteiger partial charge on any atom is 0.260 e. The fourth-order valence-corrected chi connectivity index (χ4v) is 3.78. The summed E-state index contributed by atoms with van der Waals surface area (Å²) in [6, 6.07) is 9.79. The zero-order valence-electron chi connectivity index (χ0n) is 18.3. The Morgan fingerprint density at radius 1 is 1.06 bits per heavy atom. The molecule has 1 amide bonds. The first kappa shape index (κ1) is 21.7. The molecule has 0 saturated heterocycles. The normalized spacial score (nSPS) is 12.8. The molecular formula is C23H27FN6O2. The van der Waals surface area contributed by atoms with Crippen LogP contribution in [0.2, 0.25) is 0 Å². The lowest BCUT2D eigenvalue weighted by atomic mass is 9.96. The average molecular weight is 439 g/mol. The predicted molar refractivity (Wildman–Crippen MR) is 118 cm³/mol. The third-order valence-corrected chi connectivity index (χ3v) is 5.65. The van der Waals surface area contributed by atoms with Crippen LogP contribution >= 0.6 is 0 Å². The number of carbonyl (C=O) groups excluding carboxylic acids is 1. The Labute approximate surface area is 186 Å². The van der Waals surface area contributed by atoms with Crippen molar-refractivity contribution >= 4 is 11.7 Å². The molecule has 0 aliphatic heterocycles. The van der Waals surface area contributed by atoms with Gasteiger partial charge < -0.3 is 14.5 Å². The van der Waals surface area contributed by atoms with Crippen LogP contribution in [0.3, 0.4) is 0 Å². The second-order valence-corrected chi connectivity index (χ2v) is 8.09. The second kappa shape index (κ2) is 9.76. The Bertz CT molecular complexity index is 1050. The molecule has 9 heteroatoms. The topological polar surface area (TPSA) is 87.2 Å². The monoisotopic (exact) mass is 438 g/mol. The number of H-pyrrole nitrogens is 1. The van der Waals surface area contributed by atoms with E-state index in [2.05, 4.69) is 20.4 Å². The lowest BCUT2D eigenvalue weighted by Crippen LogP contribution is -2.31. The number of aromatic amines is 1. The quantitative estimate of drug-likeness (QED) is 0.582. The van der Waals surface area contributed by atoms with Crippen LogP contribution in [0, 0.1) is 5.82 Å². The van der Waals surface area contributed by atoms with Crippen molar-refractivity contribution < 1.29 is 13.9 Å². The van der Waals surface area contributed by atoms with Crippen LogP contribution in [0.25, 0.3) is 0 Å². The van der Waals surface area contributed by atoms with Crippen LogP contribution < -0.4 is 9.64 Å². The van der Waals surface area contributed by atoms with Gasteiger partial charge in [0.05, 0.1) is 12.2 Å². The van der Waals surface area contributed by atoms with Crippen molar-refractivity contribution in [2.75, 3.05) is 25.6 Å². The zero-order chi connectivity index (χ0) is 22.5. The number of hydrogen-bond acceptors (Lipinski definition) is 6. The van der Waals surface area contributed by atoms with Crippen molar-refractivity contribution in [2.24, 2.45) is 0 Å². The summed E-state index contributed by atoms with van der Waals surface area (Å²) in [6.07, 6.45) is 4.38. The van der Waals surface area contributed by atoms with Gasteiger partial charge in [0.15, 0.2) is 12.4 Å². The molecule has 0 fully saturated rings. The highest BCUT2D eigenvalue weighted by molar-refractivity contribution is 5.77. The first-order valence-corrected chi connectivity index (χ1v) is 10.7. The van der Waals surface area contributed by atoms with Gasteiger partial charge in [0.1, 0.15) is 5.82 Å². The average Bonchev–Trinajstić information content (AvgIpc) is 3.22. The standard InChI is InChI=1S/C23H27FN6O2/c1-29(13-16-7-9-17(24)10-8-16)21-11-12-22(28-27-21)32-15-23(31)30(2)14-20-18-5-3-4-6-19(18)25-26-20/h7-12H,3-6,13-15H2,1-2H3,(H,25,26). The number of amides is 1. The number of carbonyl (C=O) groups is 1. The molecule has 3 aromatic rings. The van der Waals surface area contributed by atoms with Gasteiger partial charge in [-0.15, -0.1) is 10.2 Å². The minimum absolute atomic E-state index is 0.122. The van der Waals surface area contributed by atoms with E-state index in [0.717, 1.165) is 30.5 Å². The number of hydrogen-bond donors (Lipinski definition) is 1. The molecule has 168 valence electrons. The van der Waals surface area contributed by atoms with E-state index < -0.39 is 0 Å². The maximum atomic E-state index is 13.1. The highest BCUT2D eigenvalue weighted by Crippen LogP contribution is 2.23. The number of nitrogens with zero attached hydrogens (tertiary/aromatic N) is 5. The Kier molecular flexibility index (Phi) is 6.63. The van der Waals surface area contributed by atoms with Gasteiger partial charge >= 0.3 is 0 Å². The molecule has 0 saturated carbocycles. The summed E-state index contributed by atoms with van der Waals surface area (Å²) in [6.45, 7) is 0.894. The molecule has 0 bridgehead atoms. The van der Waals surface area contributed by atoms with Gasteiger partial charge in [-0.25, -0.2) is 4.39 Å². The van der Waals surface area contributed by atoms with E-state index in [4.69, 9.17) is 4.74 Å². The summed E-state index contributed by atoms with van der Waals surface area (Å²) in [5.41, 5.74) is 4.35. The number of fused-ring (bicyclic) bond motifs is 1. The smallest absolute Gasteiger partial charge is 0.260 e. The van der Waals surface area contributed by atoms with Crippen molar-refractivity contribution in [1.82, 2.24) is 25.3 Å². The largest absolute Gasteiger partial charge is 0.466 e. The third-order valence-electron chi connectivity index (χ3n) is 5.65. The molecule has 2 aromatic heterocycles. The summed E-state index contributed by atoms with van der Waals surface area (Å²) in [5.74, 6) is 0.509. The Morgan fingerprint density at radius 3 is 2.59 bits per heavy atom. The van der Waals surface area contributed by atoms with Crippen molar-refractivity contribution in [3.63, 3.8) is 0 Å². The van der Waals surface area contributed by atoms with E-state index in [-0.39, 0.29) is 24.2 Å². The molecule has 1 N–H and O–H groups in total. The van der Waals surface area contributed by atoms with Crippen LogP contribution in [0.5, 0.6) is 5.88 Å². The molecule has 0 atom stereocenters. The van der Waals surface area contributed by atoms with Gasteiger partial charge in [0.2, 0.25) is 5.88 Å². The molecule has 0 radical (unpaired) electrons. The first-order chi connectivity index (χ1) is 15.5. The first-order valence-electron chi connectivity index (χ1n) is 10.7. The molecule has 1 aliphatic rings. The minimum atomic E-state index is -0.262. The van der Waals surface area contributed by atoms with Crippen LogP contribution in [0.4, 0.5) is 10.2 Å². The van der Waals surface area contributed by atoms with E-state index in [1.165, 1.54) is 29.8 Å². The van der Waals surface area contributed by atoms with Crippen LogP contribution in [0.1, 0.15) is 35.4 Å². The number of halogens is 1. The van der Waals surface area contributed by atoms with E-state index in [1.54, 1.807) is 36.2 Å². The Morgan fingerprint density at radius 2 is 1.84 bits per heavy atom. The third kappa shape index (κ3) is 5.22. The lowest BCUT2D eigenvalue weighted by Gasteiger charge is -2.19. The molecule has 0 unspecified atom stereocenters. The number of ether oxygens (including phenoxy) is 1. The van der Waals surface area contributed by atoms with Crippen LogP contribution in [0.15, 0.2) is 36.4 Å². The van der Waals surface area contributed by atoms with Gasteiger partial charge in [-0.3, -0.25) is 9.89 Å². The summed E-state index contributed by atoms with van der Waals surface area (Å²) in [4.78, 5) is 16.0. The molecule has 4 rings (SSSR count). The number of aromatic nitrogens is 4. The number of aryl methyl sites for hydroxylation is 1. The predicted octanol–water partition coefficient (Wildman–Crippen LogP) is 2.89. The highest BCUT2D eigenvalue weighted by Gasteiger charge is 2.19. The zero-order valence-corrected chi connectivity index (χ0v) is 18.3. The van der Waals surface area contributed by atoms with Crippen molar-refractivity contribution in [1.29, 1.82) is 0 Å². The van der Waals surface area contributed by atoms with Crippen molar-refractivity contribution in [3.05, 3.63) is 64.7 Å². The van der Waals surface area contributed by atoms with Crippen LogP contribution in [-0.4, -0.2) is 51.9 Å². The summed E-state index contributed by atoms with van der Waals surface area (Å²) >= 11 is 0. The van der Waals surface area contributed by atoms with Gasteiger partial charge in [0.25, 0.3) is 5.91 Å². The number of benzene rings is 1. The second-order valence-electron chi connectivity index (χ2n) is 8.09. The SMILES string of the molecule is CN(Cc1n[nH]c2c1CCCC2)C(=O)COc1ccc(N(C)Cc2ccc(F)cc2)nn1. The van der Waals surface area contributed by atoms with Crippen molar-refractivity contribution in [3.8, 4) is 5.88 Å². The number of likely N-dealkylation sites (N-methyl/N-ethyl adjacent to an activating group) is 1. The lowest BCUT2D eigenvalue weighted by molar-refractivity contribution is -0.132. The van der Waals surface area contributed by atoms with Gasteiger partial charge in [-0.05, 0) is 55.0 Å². The number of rotatable bonds is 8. The number of anilines is 1. The molecule has 2 heterocycles. The summed E-state index contributed by atoms with van der Waals surface area (Å²) in [7, 11) is 3.62. The molecule has 1 aliphatic carbocycles. The Balaban J connectivity index is 1.27. The molecule has 8 nitrogen and oxygen atoms in total. The Hall–Kier alpha value is -3.49. The molecule has 32 heavy (non-hydrogen) atoms. The molecule has 0 spiro atoms. The molecular weight excluding hydrogens is 411 g/mol. The summed E-state index contributed by atoms with van der Waals surface area (Å²) < 4.78 is 18.6. The number of nitrogens with one attached hydrogen (secondary N) is 1. The van der Waals surface area contributed by atoms with E-state index in [1.807, 2.05) is 11.9 Å². The highest BCUT2D eigenvalue weighted by atomic mass is 19.1. The van der Waals surface area contributed by atoms with E-state index in [0.29, 0.717) is 18.9 Å². The molecule has 1 aromatic carbocycles. The van der Waals surface area contributed by atoms with E-state index in [9.17, 15) is 9.18 Å². The summed E-state index contributed by atoms with van der Waals surface area (Å²) in [5, 5.41) is 15.7. The van der Waals surface area contributed by atoms with Gasteiger partial charge in [-0.1, -0.05) is 12.1 Å².